The summed E-state index contributed by atoms with van der Waals surface area (Å²) < 4.78 is 5.92. The molecule has 3 amide bonds. The molecule has 1 heterocycles. The summed E-state index contributed by atoms with van der Waals surface area (Å²) in [6.07, 6.45) is 2.00. The maximum Gasteiger partial charge on any atom is 0.232 e. The summed E-state index contributed by atoms with van der Waals surface area (Å²) in [5, 5.41) is 2.93. The smallest absolute Gasteiger partial charge is 0.232 e. The van der Waals surface area contributed by atoms with E-state index in [2.05, 4.69) is 5.32 Å². The highest BCUT2D eigenvalue weighted by Crippen LogP contribution is 2.22. The van der Waals surface area contributed by atoms with Crippen LogP contribution < -0.4 is 5.32 Å². The summed E-state index contributed by atoms with van der Waals surface area (Å²) in [7, 11) is 0. The SMILES string of the molecule is CC.CCC(C)(CC(C)=O)OCCC(C)(C)NC(=O)CCN1C(=O)CC(C)C1=O. The fourth-order valence-electron chi connectivity index (χ4n) is 3.16. The lowest BCUT2D eigenvalue weighted by molar-refractivity contribution is -0.139. The number of carbonyl (C=O) groups excluding carboxylic acids is 4. The van der Waals surface area contributed by atoms with E-state index in [0.29, 0.717) is 19.4 Å². The van der Waals surface area contributed by atoms with E-state index in [4.69, 9.17) is 4.74 Å². The van der Waals surface area contributed by atoms with Crippen molar-refractivity contribution < 1.29 is 23.9 Å². The molecule has 2 unspecified atom stereocenters. The molecule has 1 rings (SSSR count). The molecule has 168 valence electrons. The molecule has 1 aliphatic heterocycles. The van der Waals surface area contributed by atoms with Gasteiger partial charge in [-0.2, -0.15) is 0 Å². The first-order valence-electron chi connectivity index (χ1n) is 10.7. The Kier molecular flexibility index (Phi) is 11.3. The van der Waals surface area contributed by atoms with Crippen LogP contribution in [0.4, 0.5) is 0 Å². The Hall–Kier alpha value is -1.76. The van der Waals surface area contributed by atoms with Crippen molar-refractivity contribution in [1.29, 1.82) is 0 Å². The molecule has 0 spiro atoms. The van der Waals surface area contributed by atoms with E-state index in [1.165, 1.54) is 4.90 Å². The van der Waals surface area contributed by atoms with Gasteiger partial charge in [0, 0.05) is 43.9 Å². The van der Waals surface area contributed by atoms with Crippen LogP contribution in [-0.4, -0.2) is 52.7 Å². The van der Waals surface area contributed by atoms with Crippen molar-refractivity contribution >= 4 is 23.5 Å². The van der Waals surface area contributed by atoms with Crippen molar-refractivity contribution in [3.63, 3.8) is 0 Å². The summed E-state index contributed by atoms with van der Waals surface area (Å²) in [5.74, 6) is -0.825. The Balaban J connectivity index is 0.00000379. The van der Waals surface area contributed by atoms with Crippen LogP contribution in [-0.2, 0) is 23.9 Å². The molecule has 0 radical (unpaired) electrons. The molecule has 1 saturated heterocycles. The highest BCUT2D eigenvalue weighted by Gasteiger charge is 2.35. The number of ether oxygens (including phenoxy) is 1. The molecule has 7 nitrogen and oxygen atoms in total. The zero-order valence-electron chi connectivity index (χ0n) is 19.5. The number of imide groups is 1. The number of carbonyl (C=O) groups is 4. The molecule has 0 aromatic rings. The van der Waals surface area contributed by atoms with Gasteiger partial charge in [0.25, 0.3) is 0 Å². The summed E-state index contributed by atoms with van der Waals surface area (Å²) in [6.45, 7) is 15.5. The highest BCUT2D eigenvalue weighted by molar-refractivity contribution is 6.03. The molecule has 29 heavy (non-hydrogen) atoms. The van der Waals surface area contributed by atoms with Crippen molar-refractivity contribution in [2.24, 2.45) is 5.92 Å². The molecule has 0 bridgehead atoms. The Morgan fingerprint density at radius 2 is 1.79 bits per heavy atom. The van der Waals surface area contributed by atoms with Crippen LogP contribution in [0.1, 0.15) is 87.5 Å². The number of nitrogens with zero attached hydrogens (tertiary/aromatic N) is 1. The van der Waals surface area contributed by atoms with Crippen LogP contribution in [0, 0.1) is 5.92 Å². The van der Waals surface area contributed by atoms with Gasteiger partial charge in [-0.15, -0.1) is 0 Å². The normalized spacial score (nSPS) is 18.8. The fraction of sp³-hybridized carbons (Fsp3) is 0.818. The third-order valence-corrected chi connectivity index (χ3v) is 5.06. The number of likely N-dealkylation sites (tertiary alicyclic amines) is 1. The van der Waals surface area contributed by atoms with Gasteiger partial charge in [0.2, 0.25) is 17.7 Å². The van der Waals surface area contributed by atoms with Gasteiger partial charge in [-0.25, -0.2) is 0 Å². The second-order valence-electron chi connectivity index (χ2n) is 8.45. The minimum atomic E-state index is -0.492. The van der Waals surface area contributed by atoms with Crippen molar-refractivity contribution in [3.8, 4) is 0 Å². The molecule has 0 saturated carbocycles. The number of nitrogens with one attached hydrogen (secondary N) is 1. The maximum atomic E-state index is 12.2. The van der Waals surface area contributed by atoms with E-state index in [1.54, 1.807) is 13.8 Å². The predicted molar refractivity (Wildman–Crippen MR) is 113 cm³/mol. The Bertz CT molecular complexity index is 588. The van der Waals surface area contributed by atoms with E-state index in [9.17, 15) is 19.2 Å². The maximum absolute atomic E-state index is 12.2. The standard InChI is InChI=1S/C20H34N2O5.C2H6/c1-7-20(6,13-15(3)23)27-11-9-19(4,5)21-16(24)8-10-22-17(25)12-14(2)18(22)26;1-2/h14H,7-13H2,1-6H3,(H,21,24);1-2H3. The summed E-state index contributed by atoms with van der Waals surface area (Å²) >= 11 is 0. The summed E-state index contributed by atoms with van der Waals surface area (Å²) in [5.41, 5.74) is -0.979. The van der Waals surface area contributed by atoms with Crippen LogP contribution in [0.2, 0.25) is 0 Å². The molecular weight excluding hydrogens is 372 g/mol. The molecule has 1 N–H and O–H groups in total. The van der Waals surface area contributed by atoms with Crippen molar-refractivity contribution in [1.82, 2.24) is 10.2 Å². The highest BCUT2D eigenvalue weighted by atomic mass is 16.5. The topological polar surface area (TPSA) is 92.8 Å². The minimum Gasteiger partial charge on any atom is -0.375 e. The third-order valence-electron chi connectivity index (χ3n) is 5.06. The number of hydrogen-bond acceptors (Lipinski definition) is 5. The largest absolute Gasteiger partial charge is 0.375 e. The van der Waals surface area contributed by atoms with Gasteiger partial charge in [-0.05, 0) is 40.5 Å². The van der Waals surface area contributed by atoms with Crippen LogP contribution in [0.15, 0.2) is 0 Å². The second kappa shape index (κ2) is 12.1. The average molecular weight is 413 g/mol. The zero-order chi connectivity index (χ0) is 22.8. The van der Waals surface area contributed by atoms with E-state index < -0.39 is 11.1 Å². The molecular formula is C22H40N2O5. The van der Waals surface area contributed by atoms with Gasteiger partial charge in [-0.3, -0.25) is 24.1 Å². The van der Waals surface area contributed by atoms with Gasteiger partial charge >= 0.3 is 0 Å². The van der Waals surface area contributed by atoms with Crippen LogP contribution in [0.25, 0.3) is 0 Å². The molecule has 7 heteroatoms. The van der Waals surface area contributed by atoms with Crippen LogP contribution >= 0.6 is 0 Å². The van der Waals surface area contributed by atoms with Gasteiger partial charge in [0.1, 0.15) is 5.78 Å². The third kappa shape index (κ3) is 9.52. The Labute approximate surface area is 175 Å². The second-order valence-corrected chi connectivity index (χ2v) is 8.45. The lowest BCUT2D eigenvalue weighted by Gasteiger charge is -2.31. The Morgan fingerprint density at radius 3 is 2.24 bits per heavy atom. The number of hydrogen-bond donors (Lipinski definition) is 1. The van der Waals surface area contributed by atoms with E-state index in [0.717, 1.165) is 6.42 Å². The first-order chi connectivity index (χ1) is 13.4. The van der Waals surface area contributed by atoms with E-state index in [1.807, 2.05) is 41.5 Å². The first-order valence-corrected chi connectivity index (χ1v) is 10.7. The summed E-state index contributed by atoms with van der Waals surface area (Å²) in [4.78, 5) is 48.4. The number of Topliss-reactive ketones (excluding diaryl/α,β-unsaturated/α-hetero) is 1. The minimum absolute atomic E-state index is 0.0888. The van der Waals surface area contributed by atoms with Crippen molar-refractivity contribution in [3.05, 3.63) is 0 Å². The monoisotopic (exact) mass is 412 g/mol. The molecule has 0 aromatic heterocycles. The quantitative estimate of drug-likeness (QED) is 0.526. The van der Waals surface area contributed by atoms with Gasteiger partial charge < -0.3 is 10.1 Å². The van der Waals surface area contributed by atoms with E-state index >= 15 is 0 Å². The van der Waals surface area contributed by atoms with Gasteiger partial charge in [0.15, 0.2) is 0 Å². The fourth-order valence-corrected chi connectivity index (χ4v) is 3.16. The van der Waals surface area contributed by atoms with Crippen molar-refractivity contribution in [2.45, 2.75) is 98.6 Å². The average Bonchev–Trinajstić information content (AvgIpc) is 2.85. The van der Waals surface area contributed by atoms with E-state index in [-0.39, 0.29) is 48.8 Å². The molecule has 2 atom stereocenters. The van der Waals surface area contributed by atoms with Crippen LogP contribution in [0.5, 0.6) is 0 Å². The molecule has 1 fully saturated rings. The van der Waals surface area contributed by atoms with Gasteiger partial charge in [0.05, 0.1) is 5.60 Å². The van der Waals surface area contributed by atoms with Crippen molar-refractivity contribution in [2.75, 3.05) is 13.2 Å². The predicted octanol–water partition coefficient (Wildman–Crippen LogP) is 3.25. The lowest BCUT2D eigenvalue weighted by atomic mass is 9.96. The molecule has 0 aliphatic carbocycles. The Morgan fingerprint density at radius 1 is 1.21 bits per heavy atom. The molecule has 0 aromatic carbocycles. The number of rotatable bonds is 11. The number of ketones is 1. The number of amides is 3. The summed E-state index contributed by atoms with van der Waals surface area (Å²) in [6, 6.07) is 0. The molecule has 1 aliphatic rings. The lowest BCUT2D eigenvalue weighted by Crippen LogP contribution is -2.46. The first kappa shape index (κ1) is 27.2. The van der Waals surface area contributed by atoms with Crippen LogP contribution in [0.3, 0.4) is 0 Å². The zero-order valence-corrected chi connectivity index (χ0v) is 19.5. The van der Waals surface area contributed by atoms with Gasteiger partial charge in [-0.1, -0.05) is 27.7 Å².